The van der Waals surface area contributed by atoms with Crippen LogP contribution in [-0.2, 0) is 30.3 Å². The van der Waals surface area contributed by atoms with E-state index >= 15 is 0 Å². The molecule has 1 aromatic carbocycles. The monoisotopic (exact) mass is 331 g/mol. The molecule has 2 atom stereocenters. The molecule has 0 radical (unpaired) electrons. The van der Waals surface area contributed by atoms with Gasteiger partial charge in [0.1, 0.15) is 0 Å². The van der Waals surface area contributed by atoms with Crippen molar-refractivity contribution in [2.75, 3.05) is 11.5 Å². The lowest BCUT2D eigenvalue weighted by Crippen LogP contribution is -2.43. The maximum Gasteiger partial charge on any atom is 0.331 e. The van der Waals surface area contributed by atoms with Gasteiger partial charge in [-0.15, -0.1) is 0 Å². The molecule has 0 spiro atoms. The zero-order valence-corrected chi connectivity index (χ0v) is 14.0. The number of amides is 1. The minimum Gasteiger partial charge on any atom is -0.463 e. The molecule has 0 aromatic heterocycles. The lowest BCUT2D eigenvalue weighted by Gasteiger charge is -2.25. The summed E-state index contributed by atoms with van der Waals surface area (Å²) in [5.41, 5.74) is 1.94. The number of carbonyl (C=O) groups excluding carboxylic acids is 3. The first-order chi connectivity index (χ1) is 11.4. The highest BCUT2D eigenvalue weighted by atomic mass is 16.5. The molecule has 0 bridgehead atoms. The van der Waals surface area contributed by atoms with E-state index in [-0.39, 0.29) is 18.6 Å². The van der Waals surface area contributed by atoms with Gasteiger partial charge in [0.15, 0.2) is 6.10 Å². The Morgan fingerprint density at radius 3 is 2.62 bits per heavy atom. The highest BCUT2D eigenvalue weighted by Crippen LogP contribution is 2.32. The number of ether oxygens (including phenoxy) is 2. The molecule has 1 aromatic rings. The van der Waals surface area contributed by atoms with Crippen LogP contribution in [0.4, 0.5) is 5.69 Å². The molecule has 1 amide bonds. The molecular weight excluding hydrogens is 310 g/mol. The Hall–Kier alpha value is -2.63. The van der Waals surface area contributed by atoms with Crippen molar-refractivity contribution in [2.24, 2.45) is 0 Å². The average Bonchev–Trinajstić information content (AvgIpc) is 2.88. The van der Waals surface area contributed by atoms with Gasteiger partial charge in [-0.25, -0.2) is 9.59 Å². The van der Waals surface area contributed by atoms with E-state index < -0.39 is 18.0 Å². The lowest BCUT2D eigenvalue weighted by molar-refractivity contribution is -0.149. The molecule has 0 fully saturated rings. The molecule has 0 aliphatic carbocycles. The first-order valence-electron chi connectivity index (χ1n) is 7.90. The van der Waals surface area contributed by atoms with Crippen molar-refractivity contribution in [1.29, 1.82) is 0 Å². The molecule has 2 rings (SSSR count). The quantitative estimate of drug-likeness (QED) is 0.610. The van der Waals surface area contributed by atoms with Crippen LogP contribution in [-0.4, -0.2) is 36.6 Å². The molecule has 6 nitrogen and oxygen atoms in total. The molecular formula is C18H21NO5. The average molecular weight is 331 g/mol. The molecule has 1 aliphatic heterocycles. The molecule has 0 saturated heterocycles. The van der Waals surface area contributed by atoms with Crippen LogP contribution in [0.1, 0.15) is 26.3 Å². The molecule has 0 unspecified atom stereocenters. The van der Waals surface area contributed by atoms with Gasteiger partial charge < -0.3 is 14.4 Å². The number of nitrogens with zero attached hydrogens (tertiary/aromatic N) is 1. The predicted octanol–water partition coefficient (Wildman–Crippen LogP) is 2.02. The van der Waals surface area contributed by atoms with E-state index in [1.807, 2.05) is 31.2 Å². The summed E-state index contributed by atoms with van der Waals surface area (Å²) in [6, 6.07) is 7.68. The molecule has 0 saturated carbocycles. The molecule has 1 heterocycles. The van der Waals surface area contributed by atoms with E-state index in [0.29, 0.717) is 0 Å². The summed E-state index contributed by atoms with van der Waals surface area (Å²) in [5.74, 6) is -1.68. The number of para-hydroxylation sites is 1. The fourth-order valence-corrected chi connectivity index (χ4v) is 2.69. The van der Waals surface area contributed by atoms with Gasteiger partial charge in [-0.1, -0.05) is 18.2 Å². The van der Waals surface area contributed by atoms with Gasteiger partial charge in [-0.3, -0.25) is 4.79 Å². The van der Waals surface area contributed by atoms with Gasteiger partial charge in [-0.05, 0) is 38.8 Å². The number of benzene rings is 1. The summed E-state index contributed by atoms with van der Waals surface area (Å²) in [5, 5.41) is 0. The van der Waals surface area contributed by atoms with Crippen LogP contribution in [0.25, 0.3) is 0 Å². The number of rotatable bonds is 5. The Bertz CT molecular complexity index is 667. The highest BCUT2D eigenvalue weighted by molar-refractivity contribution is 6.00. The minimum atomic E-state index is -0.946. The van der Waals surface area contributed by atoms with Crippen molar-refractivity contribution >= 4 is 23.5 Å². The fraction of sp³-hybridized carbons (Fsp3) is 0.389. The van der Waals surface area contributed by atoms with Gasteiger partial charge in [0.05, 0.1) is 6.61 Å². The second kappa shape index (κ2) is 7.77. The minimum absolute atomic E-state index is 0.00567. The Labute approximate surface area is 141 Å². The Morgan fingerprint density at radius 1 is 1.25 bits per heavy atom. The van der Waals surface area contributed by atoms with Crippen LogP contribution in [0.15, 0.2) is 36.4 Å². The van der Waals surface area contributed by atoms with E-state index in [1.165, 1.54) is 6.92 Å². The van der Waals surface area contributed by atoms with Crippen LogP contribution in [0.2, 0.25) is 0 Å². The summed E-state index contributed by atoms with van der Waals surface area (Å²) in [7, 11) is 0. The van der Waals surface area contributed by atoms with Crippen LogP contribution >= 0.6 is 0 Å². The Morgan fingerprint density at radius 2 is 1.92 bits per heavy atom. The second-order valence-electron chi connectivity index (χ2n) is 5.55. The SMILES string of the molecule is CCOC(=O)/C=C/C(=O)O[C@@H](C)C(=O)N1c2ccccc2C[C@H]1C. The van der Waals surface area contributed by atoms with Gasteiger partial charge in [0.25, 0.3) is 5.91 Å². The van der Waals surface area contributed by atoms with Crippen molar-refractivity contribution in [2.45, 2.75) is 39.3 Å². The summed E-state index contributed by atoms with van der Waals surface area (Å²) >= 11 is 0. The van der Waals surface area contributed by atoms with E-state index in [1.54, 1.807) is 11.8 Å². The van der Waals surface area contributed by atoms with Gasteiger partial charge in [0.2, 0.25) is 0 Å². The zero-order valence-electron chi connectivity index (χ0n) is 14.0. The Kier molecular flexibility index (Phi) is 5.73. The standard InChI is InChI=1S/C18H21NO5/c1-4-23-16(20)9-10-17(21)24-13(3)18(22)19-12(2)11-14-7-5-6-8-15(14)19/h5-10,12-13H,4,11H2,1-3H3/b10-9+/t12-,13+/m1/s1. The lowest BCUT2D eigenvalue weighted by atomic mass is 10.1. The van der Waals surface area contributed by atoms with Crippen molar-refractivity contribution in [3.63, 3.8) is 0 Å². The van der Waals surface area contributed by atoms with Crippen molar-refractivity contribution in [3.05, 3.63) is 42.0 Å². The second-order valence-corrected chi connectivity index (χ2v) is 5.55. The predicted molar refractivity (Wildman–Crippen MR) is 88.4 cm³/mol. The Balaban J connectivity index is 2.00. The number of anilines is 1. The largest absolute Gasteiger partial charge is 0.463 e. The third-order valence-electron chi connectivity index (χ3n) is 3.73. The zero-order chi connectivity index (χ0) is 17.7. The molecule has 0 N–H and O–H groups in total. The van der Waals surface area contributed by atoms with E-state index in [0.717, 1.165) is 29.8 Å². The fourth-order valence-electron chi connectivity index (χ4n) is 2.69. The van der Waals surface area contributed by atoms with Crippen molar-refractivity contribution in [3.8, 4) is 0 Å². The summed E-state index contributed by atoms with van der Waals surface area (Å²) in [6.45, 7) is 5.36. The summed E-state index contributed by atoms with van der Waals surface area (Å²) in [6.07, 6.45) is 1.77. The number of esters is 2. The number of hydrogen-bond donors (Lipinski definition) is 0. The molecule has 1 aliphatic rings. The first-order valence-corrected chi connectivity index (χ1v) is 7.90. The summed E-state index contributed by atoms with van der Waals surface area (Å²) in [4.78, 5) is 37.2. The normalized spacial score (nSPS) is 17.5. The van der Waals surface area contributed by atoms with Gasteiger partial charge in [0, 0.05) is 23.9 Å². The topological polar surface area (TPSA) is 72.9 Å². The van der Waals surface area contributed by atoms with E-state index in [9.17, 15) is 14.4 Å². The van der Waals surface area contributed by atoms with Crippen LogP contribution in [0.3, 0.4) is 0 Å². The third-order valence-corrected chi connectivity index (χ3v) is 3.73. The van der Waals surface area contributed by atoms with Crippen LogP contribution in [0, 0.1) is 0 Å². The smallest absolute Gasteiger partial charge is 0.331 e. The molecule has 128 valence electrons. The van der Waals surface area contributed by atoms with Crippen molar-refractivity contribution < 1.29 is 23.9 Å². The van der Waals surface area contributed by atoms with E-state index in [2.05, 4.69) is 4.74 Å². The van der Waals surface area contributed by atoms with E-state index in [4.69, 9.17) is 4.74 Å². The highest BCUT2D eigenvalue weighted by Gasteiger charge is 2.34. The first kappa shape index (κ1) is 17.7. The number of fused-ring (bicyclic) bond motifs is 1. The van der Waals surface area contributed by atoms with Crippen LogP contribution < -0.4 is 4.90 Å². The summed E-state index contributed by atoms with van der Waals surface area (Å²) < 4.78 is 9.76. The van der Waals surface area contributed by atoms with Crippen LogP contribution in [0.5, 0.6) is 0 Å². The van der Waals surface area contributed by atoms with Gasteiger partial charge >= 0.3 is 11.9 Å². The number of carbonyl (C=O) groups is 3. The maximum atomic E-state index is 12.6. The third kappa shape index (κ3) is 4.01. The van der Waals surface area contributed by atoms with Crippen molar-refractivity contribution in [1.82, 2.24) is 0 Å². The van der Waals surface area contributed by atoms with Gasteiger partial charge in [-0.2, -0.15) is 0 Å². The maximum absolute atomic E-state index is 12.6. The molecule has 6 heteroatoms. The molecule has 24 heavy (non-hydrogen) atoms. The number of hydrogen-bond acceptors (Lipinski definition) is 5.